The zero-order chi connectivity index (χ0) is 19.8. The Bertz CT molecular complexity index is 943. The van der Waals surface area contributed by atoms with Gasteiger partial charge in [-0.15, -0.1) is 0 Å². The Morgan fingerprint density at radius 3 is 2.75 bits per heavy atom. The van der Waals surface area contributed by atoms with E-state index in [9.17, 15) is 9.59 Å². The molecule has 0 aromatic heterocycles. The first kappa shape index (κ1) is 19.0. The average Bonchev–Trinajstić information content (AvgIpc) is 3.06. The summed E-state index contributed by atoms with van der Waals surface area (Å²) in [6, 6.07) is 11.6. The SMILES string of the molecule is Cc1ccc(N2CCC(C(=O)NC3CCOc4ccc(Br)cc43)C2=O)cc1C. The van der Waals surface area contributed by atoms with Gasteiger partial charge in [0.2, 0.25) is 11.8 Å². The molecular weight excluding hydrogens is 420 g/mol. The van der Waals surface area contributed by atoms with Gasteiger partial charge in [0.05, 0.1) is 12.6 Å². The number of amides is 2. The fraction of sp³-hybridized carbons (Fsp3) is 0.364. The molecule has 0 radical (unpaired) electrons. The number of benzene rings is 2. The number of hydrogen-bond donors (Lipinski definition) is 1. The number of aryl methyl sites for hydroxylation is 2. The quantitative estimate of drug-likeness (QED) is 0.729. The lowest BCUT2D eigenvalue weighted by molar-refractivity contribution is -0.132. The van der Waals surface area contributed by atoms with Crippen LogP contribution in [0, 0.1) is 19.8 Å². The summed E-state index contributed by atoms with van der Waals surface area (Å²) < 4.78 is 6.62. The molecule has 5 nitrogen and oxygen atoms in total. The van der Waals surface area contributed by atoms with Gasteiger partial charge in [0.1, 0.15) is 11.7 Å². The molecule has 0 aliphatic carbocycles. The van der Waals surface area contributed by atoms with Gasteiger partial charge in [-0.1, -0.05) is 22.0 Å². The van der Waals surface area contributed by atoms with E-state index in [-0.39, 0.29) is 17.9 Å². The standard InChI is InChI=1S/C22H23BrN2O3/c1-13-3-5-16(11-14(13)2)25-9-7-17(22(25)27)21(26)24-19-8-10-28-20-6-4-15(23)12-18(19)20/h3-6,11-12,17,19H,7-10H2,1-2H3,(H,24,26). The molecule has 2 amide bonds. The minimum Gasteiger partial charge on any atom is -0.493 e. The number of nitrogens with zero attached hydrogens (tertiary/aromatic N) is 1. The Morgan fingerprint density at radius 2 is 1.96 bits per heavy atom. The number of ether oxygens (including phenoxy) is 1. The lowest BCUT2D eigenvalue weighted by Gasteiger charge is -2.27. The van der Waals surface area contributed by atoms with E-state index in [1.807, 2.05) is 50.2 Å². The molecule has 0 saturated carbocycles. The van der Waals surface area contributed by atoms with Crippen molar-refractivity contribution in [2.75, 3.05) is 18.1 Å². The van der Waals surface area contributed by atoms with Gasteiger partial charge in [-0.3, -0.25) is 9.59 Å². The van der Waals surface area contributed by atoms with Crippen molar-refractivity contribution in [2.24, 2.45) is 5.92 Å². The van der Waals surface area contributed by atoms with Gasteiger partial charge in [0, 0.05) is 28.7 Å². The zero-order valence-electron chi connectivity index (χ0n) is 16.0. The van der Waals surface area contributed by atoms with Crippen molar-refractivity contribution in [3.63, 3.8) is 0 Å². The van der Waals surface area contributed by atoms with Gasteiger partial charge < -0.3 is 15.0 Å². The second-order valence-corrected chi connectivity index (χ2v) is 8.40. The molecule has 2 aliphatic rings. The van der Waals surface area contributed by atoms with Gasteiger partial charge in [-0.2, -0.15) is 0 Å². The molecule has 0 spiro atoms. The predicted octanol–water partition coefficient (Wildman–Crippen LogP) is 4.06. The summed E-state index contributed by atoms with van der Waals surface area (Å²) in [6.45, 7) is 5.19. The van der Waals surface area contributed by atoms with Crippen LogP contribution in [0.4, 0.5) is 5.69 Å². The second kappa shape index (κ2) is 7.59. The highest BCUT2D eigenvalue weighted by Crippen LogP contribution is 2.35. The molecule has 2 unspecified atom stereocenters. The first-order valence-corrected chi connectivity index (χ1v) is 10.3. The monoisotopic (exact) mass is 442 g/mol. The van der Waals surface area contributed by atoms with Crippen LogP contribution in [-0.4, -0.2) is 25.0 Å². The van der Waals surface area contributed by atoms with E-state index in [1.54, 1.807) is 4.90 Å². The van der Waals surface area contributed by atoms with E-state index < -0.39 is 5.92 Å². The molecule has 2 aromatic carbocycles. The molecule has 1 fully saturated rings. The van der Waals surface area contributed by atoms with Gasteiger partial charge in [0.15, 0.2) is 0 Å². The average molecular weight is 443 g/mol. The lowest BCUT2D eigenvalue weighted by atomic mass is 9.99. The number of rotatable bonds is 3. The Hall–Kier alpha value is -2.34. The normalized spacial score (nSPS) is 21.2. The van der Waals surface area contributed by atoms with Crippen molar-refractivity contribution < 1.29 is 14.3 Å². The molecule has 2 aromatic rings. The fourth-order valence-electron chi connectivity index (χ4n) is 3.86. The van der Waals surface area contributed by atoms with Crippen molar-refractivity contribution >= 4 is 33.4 Å². The highest BCUT2D eigenvalue weighted by molar-refractivity contribution is 9.10. The van der Waals surface area contributed by atoms with Crippen LogP contribution in [0.15, 0.2) is 40.9 Å². The number of carbonyl (C=O) groups excluding carboxylic acids is 2. The summed E-state index contributed by atoms with van der Waals surface area (Å²) in [4.78, 5) is 27.6. The van der Waals surface area contributed by atoms with Crippen molar-refractivity contribution in [1.82, 2.24) is 5.32 Å². The zero-order valence-corrected chi connectivity index (χ0v) is 17.6. The van der Waals surface area contributed by atoms with Crippen LogP contribution in [0.25, 0.3) is 0 Å². The first-order valence-electron chi connectivity index (χ1n) is 9.55. The van der Waals surface area contributed by atoms with E-state index in [4.69, 9.17) is 4.74 Å². The van der Waals surface area contributed by atoms with Gasteiger partial charge >= 0.3 is 0 Å². The van der Waals surface area contributed by atoms with Crippen LogP contribution >= 0.6 is 15.9 Å². The molecule has 4 rings (SSSR count). The van der Waals surface area contributed by atoms with E-state index in [0.717, 1.165) is 27.0 Å². The molecule has 2 aliphatic heterocycles. The van der Waals surface area contributed by atoms with E-state index in [1.165, 1.54) is 5.56 Å². The van der Waals surface area contributed by atoms with Crippen LogP contribution in [0.3, 0.4) is 0 Å². The fourth-order valence-corrected chi connectivity index (χ4v) is 4.24. The summed E-state index contributed by atoms with van der Waals surface area (Å²) in [7, 11) is 0. The third kappa shape index (κ3) is 3.53. The second-order valence-electron chi connectivity index (χ2n) is 7.48. The maximum absolute atomic E-state index is 12.9. The van der Waals surface area contributed by atoms with Crippen molar-refractivity contribution in [3.8, 4) is 5.75 Å². The molecule has 0 bridgehead atoms. The highest BCUT2D eigenvalue weighted by atomic mass is 79.9. The van der Waals surface area contributed by atoms with Gasteiger partial charge in [0.25, 0.3) is 0 Å². The van der Waals surface area contributed by atoms with Crippen molar-refractivity contribution in [1.29, 1.82) is 0 Å². The third-order valence-corrected chi connectivity index (χ3v) is 6.15. The predicted molar refractivity (Wildman–Crippen MR) is 112 cm³/mol. The molecule has 1 saturated heterocycles. The number of fused-ring (bicyclic) bond motifs is 1. The topological polar surface area (TPSA) is 58.6 Å². The minimum absolute atomic E-state index is 0.123. The van der Waals surface area contributed by atoms with Gasteiger partial charge in [-0.25, -0.2) is 0 Å². The van der Waals surface area contributed by atoms with Crippen LogP contribution < -0.4 is 15.0 Å². The van der Waals surface area contributed by atoms with E-state index in [2.05, 4.69) is 21.2 Å². The Labute approximate surface area is 173 Å². The van der Waals surface area contributed by atoms with Crippen LogP contribution in [0.5, 0.6) is 5.75 Å². The van der Waals surface area contributed by atoms with E-state index >= 15 is 0 Å². The van der Waals surface area contributed by atoms with Crippen LogP contribution in [0.1, 0.15) is 35.6 Å². The number of anilines is 1. The molecule has 28 heavy (non-hydrogen) atoms. The number of carbonyl (C=O) groups is 2. The molecule has 2 heterocycles. The molecule has 1 N–H and O–H groups in total. The Kier molecular flexibility index (Phi) is 5.15. The van der Waals surface area contributed by atoms with Crippen molar-refractivity contribution in [2.45, 2.75) is 32.7 Å². The van der Waals surface area contributed by atoms with Gasteiger partial charge in [-0.05, 0) is 61.7 Å². The molecule has 2 atom stereocenters. The third-order valence-electron chi connectivity index (χ3n) is 5.65. The van der Waals surface area contributed by atoms with Crippen molar-refractivity contribution in [3.05, 3.63) is 57.6 Å². The minimum atomic E-state index is -0.639. The number of halogens is 1. The van der Waals surface area contributed by atoms with Crippen LogP contribution in [-0.2, 0) is 9.59 Å². The summed E-state index contributed by atoms with van der Waals surface area (Å²) in [5, 5.41) is 3.08. The molecule has 6 heteroatoms. The lowest BCUT2D eigenvalue weighted by Crippen LogP contribution is -2.40. The maximum Gasteiger partial charge on any atom is 0.239 e. The van der Waals surface area contributed by atoms with Crippen LogP contribution in [0.2, 0.25) is 0 Å². The van der Waals surface area contributed by atoms with E-state index in [0.29, 0.717) is 26.0 Å². The summed E-state index contributed by atoms with van der Waals surface area (Å²) in [6.07, 6.45) is 1.23. The largest absolute Gasteiger partial charge is 0.493 e. The number of nitrogens with one attached hydrogen (secondary N) is 1. The maximum atomic E-state index is 12.9. The Morgan fingerprint density at radius 1 is 1.14 bits per heavy atom. The number of hydrogen-bond acceptors (Lipinski definition) is 3. The molecule has 146 valence electrons. The first-order chi connectivity index (χ1) is 13.4. The summed E-state index contributed by atoms with van der Waals surface area (Å²) in [5.74, 6) is -0.175. The summed E-state index contributed by atoms with van der Waals surface area (Å²) >= 11 is 3.48. The molecular formula is C22H23BrN2O3. The Balaban J connectivity index is 1.49. The highest BCUT2D eigenvalue weighted by Gasteiger charge is 2.39. The smallest absolute Gasteiger partial charge is 0.239 e. The summed E-state index contributed by atoms with van der Waals surface area (Å²) in [5.41, 5.74) is 4.14.